The quantitative estimate of drug-likeness (QED) is 0.690. The summed E-state index contributed by atoms with van der Waals surface area (Å²) in [5.41, 5.74) is 3.96. The van der Waals surface area contributed by atoms with Crippen LogP contribution in [0.3, 0.4) is 0 Å². The Morgan fingerprint density at radius 2 is 1.93 bits per heavy atom. The van der Waals surface area contributed by atoms with Crippen LogP contribution in [0.2, 0.25) is 0 Å². The van der Waals surface area contributed by atoms with Gasteiger partial charge in [-0.25, -0.2) is 0 Å². The third-order valence-corrected chi connectivity index (χ3v) is 6.17. The highest BCUT2D eigenvalue weighted by molar-refractivity contribution is 5.86. The molecule has 5 nitrogen and oxygen atoms in total. The number of hydroxylamine groups is 2. The Hall–Kier alpha value is -2.81. The average Bonchev–Trinajstić information content (AvgIpc) is 3.29. The van der Waals surface area contributed by atoms with E-state index in [-0.39, 0.29) is 12.1 Å². The summed E-state index contributed by atoms with van der Waals surface area (Å²) < 4.78 is 7.59. The van der Waals surface area contributed by atoms with Gasteiger partial charge in [0.2, 0.25) is 0 Å². The number of nitrogens with zero attached hydrogens (tertiary/aromatic N) is 3. The Morgan fingerprint density at radius 3 is 2.63 bits per heavy atom. The molecular weight excluding hydrogens is 338 g/mol. The van der Waals surface area contributed by atoms with Crippen LogP contribution >= 0.6 is 0 Å². The number of ether oxygens (including phenoxy) is 1. The molecule has 0 N–H and O–H groups in total. The summed E-state index contributed by atoms with van der Waals surface area (Å²) in [6.45, 7) is 2.77. The van der Waals surface area contributed by atoms with Crippen molar-refractivity contribution < 1.29 is 9.57 Å². The van der Waals surface area contributed by atoms with Gasteiger partial charge in [-0.05, 0) is 36.2 Å². The topological polar surface area (TPSA) is 50.4 Å². The minimum atomic E-state index is -0.659. The van der Waals surface area contributed by atoms with Crippen LogP contribution in [0.1, 0.15) is 29.0 Å². The number of aryl methyl sites for hydroxylation is 1. The van der Waals surface area contributed by atoms with Crippen LogP contribution in [0.15, 0.2) is 48.5 Å². The summed E-state index contributed by atoms with van der Waals surface area (Å²) in [5.74, 6) is 0.798. The zero-order valence-corrected chi connectivity index (χ0v) is 15.6. The van der Waals surface area contributed by atoms with Crippen LogP contribution in [-0.2, 0) is 11.4 Å². The Kier molecular flexibility index (Phi) is 3.39. The predicted octanol–water partition coefficient (Wildman–Crippen LogP) is 4.14. The maximum Gasteiger partial charge on any atom is 0.131 e. The van der Waals surface area contributed by atoms with E-state index in [1.54, 1.807) is 7.11 Å². The average molecular weight is 359 g/mol. The standard InChI is InChI=1S/C22H21N3O2/c1-14-17-6-4-5-7-18(17)25-13-22(12-23)20(19(14)25)24(2)27-21(22)15-8-10-16(26-3)11-9-15/h4-11,20-21H,13H2,1-3H3/t20-,21-,22+/m1/s1. The first kappa shape index (κ1) is 16.4. The Morgan fingerprint density at radius 1 is 1.19 bits per heavy atom. The van der Waals surface area contributed by atoms with E-state index in [0.717, 1.165) is 11.3 Å². The maximum atomic E-state index is 10.3. The number of para-hydroxylation sites is 1. The third-order valence-electron chi connectivity index (χ3n) is 6.17. The van der Waals surface area contributed by atoms with Gasteiger partial charge in [0.05, 0.1) is 19.2 Å². The van der Waals surface area contributed by atoms with E-state index in [1.807, 2.05) is 36.4 Å². The number of aromatic nitrogens is 1. The molecule has 0 spiro atoms. The normalized spacial score (nSPS) is 26.7. The Bertz CT molecular complexity index is 1080. The maximum absolute atomic E-state index is 10.3. The molecule has 5 rings (SSSR count). The lowest BCUT2D eigenvalue weighted by molar-refractivity contribution is -0.149. The summed E-state index contributed by atoms with van der Waals surface area (Å²) in [7, 11) is 3.59. The van der Waals surface area contributed by atoms with E-state index >= 15 is 0 Å². The summed E-state index contributed by atoms with van der Waals surface area (Å²) in [5, 5.41) is 13.5. The van der Waals surface area contributed by atoms with Crippen LogP contribution in [-0.4, -0.2) is 23.8 Å². The highest BCUT2D eigenvalue weighted by Gasteiger charge is 2.62. The molecule has 3 heterocycles. The van der Waals surface area contributed by atoms with Crippen molar-refractivity contribution in [2.75, 3.05) is 14.2 Å². The van der Waals surface area contributed by atoms with E-state index in [4.69, 9.17) is 9.57 Å². The molecule has 0 unspecified atom stereocenters. The van der Waals surface area contributed by atoms with Gasteiger partial charge in [0.1, 0.15) is 17.3 Å². The third kappa shape index (κ3) is 2.00. The molecular formula is C22H21N3O2. The largest absolute Gasteiger partial charge is 0.497 e. The lowest BCUT2D eigenvalue weighted by Crippen LogP contribution is -2.29. The SMILES string of the molecule is COc1ccc([C@H]2ON(C)[C@@H]3c4c(C)c5ccccc5n4C[C@]23C#N)cc1. The minimum absolute atomic E-state index is 0.0954. The number of methoxy groups -OCH3 is 1. The van der Waals surface area contributed by atoms with Crippen LogP contribution in [0.25, 0.3) is 10.9 Å². The van der Waals surface area contributed by atoms with E-state index in [0.29, 0.717) is 6.54 Å². The number of fused-ring (bicyclic) bond motifs is 5. The molecule has 3 aromatic rings. The van der Waals surface area contributed by atoms with E-state index in [9.17, 15) is 5.26 Å². The lowest BCUT2D eigenvalue weighted by atomic mass is 9.75. The van der Waals surface area contributed by atoms with Gasteiger partial charge in [-0.3, -0.25) is 4.84 Å². The molecule has 0 bridgehead atoms. The zero-order valence-electron chi connectivity index (χ0n) is 15.6. The monoisotopic (exact) mass is 359 g/mol. The van der Waals surface area contributed by atoms with Gasteiger partial charge >= 0.3 is 0 Å². The molecule has 136 valence electrons. The van der Waals surface area contributed by atoms with Crippen LogP contribution in [0.5, 0.6) is 5.75 Å². The van der Waals surface area contributed by atoms with E-state index in [1.165, 1.54) is 22.2 Å². The van der Waals surface area contributed by atoms with E-state index in [2.05, 4.69) is 41.8 Å². The number of hydrogen-bond acceptors (Lipinski definition) is 4. The molecule has 27 heavy (non-hydrogen) atoms. The molecule has 0 amide bonds. The van der Waals surface area contributed by atoms with Crippen molar-refractivity contribution in [3.8, 4) is 11.8 Å². The van der Waals surface area contributed by atoms with Crippen LogP contribution < -0.4 is 4.74 Å². The first-order chi connectivity index (χ1) is 13.1. The number of nitriles is 1. The molecule has 1 saturated heterocycles. The molecule has 2 aromatic carbocycles. The zero-order chi connectivity index (χ0) is 18.8. The van der Waals surface area contributed by atoms with Gasteiger partial charge in [0.25, 0.3) is 0 Å². The first-order valence-corrected chi connectivity index (χ1v) is 9.13. The van der Waals surface area contributed by atoms with Gasteiger partial charge in [0, 0.05) is 30.2 Å². The van der Waals surface area contributed by atoms with Crippen molar-refractivity contribution in [2.24, 2.45) is 5.41 Å². The molecule has 3 atom stereocenters. The van der Waals surface area contributed by atoms with Crippen molar-refractivity contribution in [3.63, 3.8) is 0 Å². The van der Waals surface area contributed by atoms with Crippen molar-refractivity contribution in [1.82, 2.24) is 9.63 Å². The highest BCUT2D eigenvalue weighted by Crippen LogP contribution is 2.61. The molecule has 0 radical (unpaired) electrons. The molecule has 0 aliphatic carbocycles. The number of rotatable bonds is 2. The van der Waals surface area contributed by atoms with Crippen molar-refractivity contribution in [2.45, 2.75) is 25.6 Å². The van der Waals surface area contributed by atoms with Gasteiger partial charge in [-0.1, -0.05) is 30.3 Å². The fourth-order valence-corrected chi connectivity index (χ4v) is 4.95. The summed E-state index contributed by atoms with van der Waals surface area (Å²) in [6, 6.07) is 18.8. The molecule has 0 saturated carbocycles. The highest BCUT2D eigenvalue weighted by atomic mass is 16.7. The number of hydrogen-bond donors (Lipinski definition) is 0. The molecule has 1 aromatic heterocycles. The fraction of sp³-hybridized carbons (Fsp3) is 0.318. The first-order valence-electron chi connectivity index (χ1n) is 9.13. The predicted molar refractivity (Wildman–Crippen MR) is 102 cm³/mol. The molecule has 2 aliphatic heterocycles. The molecule has 1 fully saturated rings. The van der Waals surface area contributed by atoms with Crippen LogP contribution in [0, 0.1) is 23.7 Å². The van der Waals surface area contributed by atoms with Gasteiger partial charge in [-0.2, -0.15) is 10.3 Å². The van der Waals surface area contributed by atoms with Crippen molar-refractivity contribution in [1.29, 1.82) is 5.26 Å². The minimum Gasteiger partial charge on any atom is -0.497 e. The summed E-state index contributed by atoms with van der Waals surface area (Å²) >= 11 is 0. The van der Waals surface area contributed by atoms with Gasteiger partial charge in [-0.15, -0.1) is 0 Å². The summed E-state index contributed by atoms with van der Waals surface area (Å²) in [4.78, 5) is 6.25. The van der Waals surface area contributed by atoms with Crippen molar-refractivity contribution in [3.05, 3.63) is 65.4 Å². The fourth-order valence-electron chi connectivity index (χ4n) is 4.95. The summed E-state index contributed by atoms with van der Waals surface area (Å²) in [6.07, 6.45) is -0.318. The Labute approximate surface area is 158 Å². The number of benzene rings is 2. The second-order valence-corrected chi connectivity index (χ2v) is 7.47. The molecule has 2 aliphatic rings. The Balaban J connectivity index is 1.67. The van der Waals surface area contributed by atoms with Crippen molar-refractivity contribution >= 4 is 10.9 Å². The van der Waals surface area contributed by atoms with Crippen LogP contribution in [0.4, 0.5) is 0 Å². The second-order valence-electron chi connectivity index (χ2n) is 7.47. The van der Waals surface area contributed by atoms with Gasteiger partial charge in [0.15, 0.2) is 0 Å². The van der Waals surface area contributed by atoms with Gasteiger partial charge < -0.3 is 9.30 Å². The second kappa shape index (κ2) is 5.59. The smallest absolute Gasteiger partial charge is 0.131 e. The van der Waals surface area contributed by atoms with E-state index < -0.39 is 5.41 Å². The molecule has 5 heteroatoms. The lowest BCUT2D eigenvalue weighted by Gasteiger charge is -2.25.